The van der Waals surface area contributed by atoms with Crippen LogP contribution in [0.3, 0.4) is 0 Å². The van der Waals surface area contributed by atoms with Crippen LogP contribution in [-0.2, 0) is 16.5 Å². The molecule has 1 N–H and O–H groups in total. The molecule has 3 aliphatic rings. The van der Waals surface area contributed by atoms with Crippen LogP contribution in [0.5, 0.6) is 0 Å². The van der Waals surface area contributed by atoms with Gasteiger partial charge in [-0.2, -0.15) is 0 Å². The van der Waals surface area contributed by atoms with E-state index in [0.29, 0.717) is 0 Å². The summed E-state index contributed by atoms with van der Waals surface area (Å²) in [6.45, 7) is 7.84. The summed E-state index contributed by atoms with van der Waals surface area (Å²) in [4.78, 5) is 2.45. The van der Waals surface area contributed by atoms with Crippen molar-refractivity contribution >= 4 is 29.2 Å². The molecule has 1 saturated heterocycles. The van der Waals surface area contributed by atoms with E-state index in [1.807, 2.05) is 6.07 Å². The summed E-state index contributed by atoms with van der Waals surface area (Å²) in [6.07, 6.45) is 2.79. The van der Waals surface area contributed by atoms with Crippen molar-refractivity contribution in [2.45, 2.75) is 20.3 Å². The molecule has 1 atom stereocenters. The van der Waals surface area contributed by atoms with Gasteiger partial charge in [-0.1, -0.05) is 62.1 Å². The Balaban J connectivity index is 1.75. The molecule has 0 unspecified atom stereocenters. The van der Waals surface area contributed by atoms with E-state index in [9.17, 15) is 0 Å². The number of fused-ring (bicyclic) bond motifs is 1. The van der Waals surface area contributed by atoms with Gasteiger partial charge in [-0.3, -0.25) is 4.34 Å². The molecule has 6 nitrogen and oxygen atoms in total. The van der Waals surface area contributed by atoms with Gasteiger partial charge in [0.05, 0.1) is 18.5 Å². The van der Waals surface area contributed by atoms with Crippen LogP contribution in [0.15, 0.2) is 59.4 Å². The van der Waals surface area contributed by atoms with Gasteiger partial charge < -0.3 is 15.0 Å². The van der Waals surface area contributed by atoms with Crippen molar-refractivity contribution in [3.05, 3.63) is 59.4 Å². The lowest BCUT2D eigenvalue weighted by Gasteiger charge is -2.44. The predicted octanol–water partition coefficient (Wildman–Crippen LogP) is 3.13. The second kappa shape index (κ2) is 6.55. The SMILES string of the molecule is CC1(C)C=C(N2CCOCC2)C2=C(C1)Nc1nncn1[P@]2(=S)c1ccccc1. The van der Waals surface area contributed by atoms with Crippen molar-refractivity contribution in [1.29, 1.82) is 0 Å². The fourth-order valence-corrected chi connectivity index (χ4v) is 8.51. The van der Waals surface area contributed by atoms with Gasteiger partial charge in [0, 0.05) is 29.8 Å². The lowest BCUT2D eigenvalue weighted by atomic mass is 9.82. The minimum atomic E-state index is -2.33. The Bertz CT molecular complexity index is 1020. The van der Waals surface area contributed by atoms with Gasteiger partial charge in [0.2, 0.25) is 5.95 Å². The average Bonchev–Trinajstić information content (AvgIpc) is 3.17. The van der Waals surface area contributed by atoms with Gasteiger partial charge in [-0.15, -0.1) is 10.2 Å². The van der Waals surface area contributed by atoms with Crippen molar-refractivity contribution in [3.8, 4) is 0 Å². The van der Waals surface area contributed by atoms with Crippen molar-refractivity contribution in [2.24, 2.45) is 5.41 Å². The highest BCUT2D eigenvalue weighted by Crippen LogP contribution is 2.64. The number of allylic oxidation sites excluding steroid dienone is 3. The van der Waals surface area contributed by atoms with E-state index in [0.717, 1.165) is 38.7 Å². The number of hydrogen-bond donors (Lipinski definition) is 1. The van der Waals surface area contributed by atoms with E-state index in [1.54, 1.807) is 6.33 Å². The van der Waals surface area contributed by atoms with Crippen LogP contribution in [0.25, 0.3) is 0 Å². The third-order valence-electron chi connectivity index (χ3n) is 5.55. The molecular weight excluding hydrogens is 389 g/mol. The summed E-state index contributed by atoms with van der Waals surface area (Å²) in [7, 11) is 0. The fourth-order valence-electron chi connectivity index (χ4n) is 4.31. The van der Waals surface area contributed by atoms with E-state index in [2.05, 4.69) is 68.9 Å². The van der Waals surface area contributed by atoms with Crippen LogP contribution in [0.1, 0.15) is 20.3 Å². The predicted molar refractivity (Wildman–Crippen MR) is 115 cm³/mol. The summed E-state index contributed by atoms with van der Waals surface area (Å²) in [5.74, 6) is 0.755. The van der Waals surface area contributed by atoms with Gasteiger partial charge in [0.15, 0.2) is 0 Å². The summed E-state index contributed by atoms with van der Waals surface area (Å²) < 4.78 is 7.72. The minimum absolute atomic E-state index is 0.0402. The standard InChI is InChI=1S/C20H24N5OPS/c1-20(2)12-16-18(17(13-20)24-8-10-26-11-9-24)27(28,15-6-4-3-5-7-15)25-14-21-23-19(25)22-16/h3-7,13-14H,8-12H2,1-2H3,(H,22,23)/t27-/m0/s1. The zero-order valence-corrected chi connectivity index (χ0v) is 17.8. The number of hydrogen-bond acceptors (Lipinski definition) is 6. The summed E-state index contributed by atoms with van der Waals surface area (Å²) in [6, 6.07) is 10.5. The molecule has 0 spiro atoms. The molecule has 146 valence electrons. The van der Waals surface area contributed by atoms with E-state index in [1.165, 1.54) is 22.0 Å². The van der Waals surface area contributed by atoms with Crippen LogP contribution in [0, 0.1) is 5.41 Å². The molecule has 1 aromatic carbocycles. The Hall–Kier alpha value is -1.95. The van der Waals surface area contributed by atoms with Crippen molar-refractivity contribution in [3.63, 3.8) is 0 Å². The number of nitrogens with one attached hydrogen (secondary N) is 1. The monoisotopic (exact) mass is 413 g/mol. The lowest BCUT2D eigenvalue weighted by molar-refractivity contribution is 0.0542. The molecule has 0 saturated carbocycles. The number of nitrogens with zero attached hydrogens (tertiary/aromatic N) is 4. The average molecular weight is 413 g/mol. The van der Waals surface area contributed by atoms with E-state index in [-0.39, 0.29) is 5.41 Å². The fraction of sp³-hybridized carbons (Fsp3) is 0.400. The first-order valence-electron chi connectivity index (χ1n) is 9.62. The summed E-state index contributed by atoms with van der Waals surface area (Å²) >= 11 is 6.55. The molecule has 0 amide bonds. The Morgan fingerprint density at radius 3 is 2.68 bits per heavy atom. The highest BCUT2D eigenvalue weighted by Gasteiger charge is 2.43. The van der Waals surface area contributed by atoms with Crippen LogP contribution in [0.4, 0.5) is 5.95 Å². The quantitative estimate of drug-likeness (QED) is 0.764. The van der Waals surface area contributed by atoms with Gasteiger partial charge in [-0.25, -0.2) is 0 Å². The number of anilines is 1. The van der Waals surface area contributed by atoms with Crippen LogP contribution < -0.4 is 10.6 Å². The Morgan fingerprint density at radius 2 is 1.93 bits per heavy atom. The van der Waals surface area contributed by atoms with Gasteiger partial charge in [-0.05, 0) is 11.8 Å². The second-order valence-corrected chi connectivity index (χ2v) is 12.3. The van der Waals surface area contributed by atoms with E-state index < -0.39 is 6.19 Å². The largest absolute Gasteiger partial charge is 0.378 e. The van der Waals surface area contributed by atoms with Crippen molar-refractivity contribution in [2.75, 3.05) is 31.6 Å². The normalized spacial score (nSPS) is 26.2. The molecule has 0 bridgehead atoms. The molecule has 0 radical (unpaired) electrons. The molecule has 2 aromatic rings. The molecule has 8 heteroatoms. The molecule has 1 aliphatic carbocycles. The first-order chi connectivity index (χ1) is 13.5. The maximum atomic E-state index is 6.55. The molecule has 1 fully saturated rings. The summed E-state index contributed by atoms with van der Waals surface area (Å²) in [5.41, 5.74) is 2.49. The number of rotatable bonds is 2. The highest BCUT2D eigenvalue weighted by atomic mass is 32.4. The maximum absolute atomic E-state index is 6.55. The van der Waals surface area contributed by atoms with Crippen molar-refractivity contribution in [1.82, 2.24) is 19.4 Å². The molecule has 2 aliphatic heterocycles. The van der Waals surface area contributed by atoms with Gasteiger partial charge >= 0.3 is 0 Å². The Morgan fingerprint density at radius 1 is 1.18 bits per heavy atom. The third kappa shape index (κ3) is 2.76. The number of ether oxygens (including phenoxy) is 1. The van der Waals surface area contributed by atoms with Crippen molar-refractivity contribution < 1.29 is 4.74 Å². The molecular formula is C20H24N5OPS. The smallest absolute Gasteiger partial charge is 0.233 e. The first-order valence-corrected chi connectivity index (χ1v) is 12.4. The molecule has 1 aromatic heterocycles. The van der Waals surface area contributed by atoms with Crippen LogP contribution in [-0.4, -0.2) is 45.7 Å². The molecule has 28 heavy (non-hydrogen) atoms. The third-order valence-corrected chi connectivity index (χ3v) is 10.3. The lowest BCUT2D eigenvalue weighted by Crippen LogP contribution is -2.40. The minimum Gasteiger partial charge on any atom is -0.378 e. The van der Waals surface area contributed by atoms with Gasteiger partial charge in [0.1, 0.15) is 12.5 Å². The number of benzene rings is 1. The zero-order chi connectivity index (χ0) is 19.4. The Labute approximate surface area is 170 Å². The van der Waals surface area contributed by atoms with E-state index >= 15 is 0 Å². The zero-order valence-electron chi connectivity index (χ0n) is 16.1. The molecule has 3 heterocycles. The van der Waals surface area contributed by atoms with Crippen LogP contribution in [0.2, 0.25) is 0 Å². The topological polar surface area (TPSA) is 55.2 Å². The van der Waals surface area contributed by atoms with Gasteiger partial charge in [0.25, 0.3) is 0 Å². The number of morpholine rings is 1. The number of aromatic nitrogens is 3. The highest BCUT2D eigenvalue weighted by molar-refractivity contribution is 8.19. The van der Waals surface area contributed by atoms with Crippen LogP contribution >= 0.6 is 6.19 Å². The van der Waals surface area contributed by atoms with E-state index in [4.69, 9.17) is 16.5 Å². The maximum Gasteiger partial charge on any atom is 0.233 e. The first kappa shape index (κ1) is 18.1. The second-order valence-electron chi connectivity index (χ2n) is 8.16. The Kier molecular flexibility index (Phi) is 4.23. The summed E-state index contributed by atoms with van der Waals surface area (Å²) in [5, 5.41) is 14.5. The molecule has 5 rings (SSSR count).